The van der Waals surface area contributed by atoms with E-state index >= 15 is 0 Å². The standard InChI is InChI=1S/C33H39F6N7O4/c1-4-24-13-26(14-25(5-2)46(24)31(48)50-28-8-6-21(7-9-28)29(47)49-3)44(30-41-15-27(16-42-30)45-19-40-18-43-45)17-20-10-22(32(34,35)36)12-23(11-20)33(37,38)39/h10-12,15-16,18-19,21,24-26,28H,4-9,13-14,17H2,1-3H3/t21-,24-,25+,26+,28-. The summed E-state index contributed by atoms with van der Waals surface area (Å²) in [5, 5.41) is 4.04. The Bertz CT molecular complexity index is 1550. The van der Waals surface area contributed by atoms with Gasteiger partial charge in [-0.05, 0) is 75.1 Å². The second-order valence-corrected chi connectivity index (χ2v) is 12.7. The van der Waals surface area contributed by atoms with Gasteiger partial charge in [-0.25, -0.2) is 24.4 Å². The normalized spacial score (nSPS) is 23.0. The molecule has 0 N–H and O–H groups in total. The van der Waals surface area contributed by atoms with E-state index in [2.05, 4.69) is 20.1 Å². The number of piperidine rings is 1. The number of carbonyl (C=O) groups is 2. The molecule has 50 heavy (non-hydrogen) atoms. The number of hydrogen-bond acceptors (Lipinski definition) is 9. The van der Waals surface area contributed by atoms with Crippen LogP contribution in [0, 0.1) is 5.92 Å². The molecule has 1 saturated heterocycles. The summed E-state index contributed by atoms with van der Waals surface area (Å²) in [5.41, 5.74) is -2.61. The van der Waals surface area contributed by atoms with Gasteiger partial charge in [-0.2, -0.15) is 31.4 Å². The monoisotopic (exact) mass is 711 g/mol. The number of halogens is 6. The Morgan fingerprint density at radius 2 is 1.48 bits per heavy atom. The molecule has 2 aromatic heterocycles. The first-order valence-corrected chi connectivity index (χ1v) is 16.5. The first kappa shape index (κ1) is 36.8. The molecule has 1 aromatic carbocycles. The Kier molecular flexibility index (Phi) is 11.2. The first-order valence-electron chi connectivity index (χ1n) is 16.5. The molecule has 3 aromatic rings. The van der Waals surface area contributed by atoms with Crippen molar-refractivity contribution >= 4 is 18.0 Å². The SMILES string of the molecule is CC[C@@H]1C[C@H](N(Cc2cc(C(F)(F)F)cc(C(F)(F)F)c2)c2ncc(-n3cncn3)cn2)C[C@H](CC)N1C(=O)O[C@H]1CC[C@H](C(=O)OC)CC1. The van der Waals surface area contributed by atoms with E-state index in [0.29, 0.717) is 69.2 Å². The summed E-state index contributed by atoms with van der Waals surface area (Å²) >= 11 is 0. The fraction of sp³-hybridized carbons (Fsp3) is 0.576. The predicted octanol–water partition coefficient (Wildman–Crippen LogP) is 6.99. The summed E-state index contributed by atoms with van der Waals surface area (Å²) in [7, 11) is 1.34. The largest absolute Gasteiger partial charge is 0.469 e. The van der Waals surface area contributed by atoms with Crippen LogP contribution in [0.1, 0.15) is 81.9 Å². The molecule has 1 saturated carbocycles. The molecular formula is C33H39F6N7O4. The number of carbonyl (C=O) groups excluding carboxylic acids is 2. The minimum atomic E-state index is -5.01. The molecule has 2 aliphatic rings. The molecule has 0 radical (unpaired) electrons. The van der Waals surface area contributed by atoms with Gasteiger partial charge in [-0.15, -0.1) is 0 Å². The highest BCUT2D eigenvalue weighted by atomic mass is 19.4. The van der Waals surface area contributed by atoms with Gasteiger partial charge < -0.3 is 19.3 Å². The average molecular weight is 712 g/mol. The predicted molar refractivity (Wildman–Crippen MR) is 167 cm³/mol. The lowest BCUT2D eigenvalue weighted by molar-refractivity contribution is -0.147. The van der Waals surface area contributed by atoms with E-state index in [-0.39, 0.29) is 54.2 Å². The van der Waals surface area contributed by atoms with Crippen LogP contribution in [0.3, 0.4) is 0 Å². The van der Waals surface area contributed by atoms with Crippen molar-refractivity contribution in [2.45, 2.75) is 108 Å². The zero-order valence-corrected chi connectivity index (χ0v) is 27.8. The van der Waals surface area contributed by atoms with Gasteiger partial charge >= 0.3 is 24.4 Å². The third-order valence-corrected chi connectivity index (χ3v) is 9.51. The lowest BCUT2D eigenvalue weighted by Crippen LogP contribution is -2.57. The second-order valence-electron chi connectivity index (χ2n) is 12.7. The topological polar surface area (TPSA) is 116 Å². The molecule has 5 rings (SSSR count). The minimum Gasteiger partial charge on any atom is -0.469 e. The van der Waals surface area contributed by atoms with E-state index in [4.69, 9.17) is 9.47 Å². The van der Waals surface area contributed by atoms with Gasteiger partial charge in [0.15, 0.2) is 0 Å². The summed E-state index contributed by atoms with van der Waals surface area (Å²) in [6, 6.07) is 0.335. The van der Waals surface area contributed by atoms with Crippen molar-refractivity contribution in [1.82, 2.24) is 29.6 Å². The van der Waals surface area contributed by atoms with E-state index in [1.165, 1.54) is 36.8 Å². The van der Waals surface area contributed by atoms with Crippen LogP contribution in [0.5, 0.6) is 0 Å². The third-order valence-electron chi connectivity index (χ3n) is 9.51. The van der Waals surface area contributed by atoms with Crippen LogP contribution >= 0.6 is 0 Å². The molecule has 1 amide bonds. The van der Waals surface area contributed by atoms with Crippen molar-refractivity contribution in [3.05, 3.63) is 59.9 Å². The van der Waals surface area contributed by atoms with Crippen molar-refractivity contribution in [3.8, 4) is 5.69 Å². The molecule has 0 bridgehead atoms. The minimum absolute atomic E-state index is 0.0907. The number of ether oxygens (including phenoxy) is 2. The number of nitrogens with zero attached hydrogens (tertiary/aromatic N) is 7. The number of hydrogen-bond donors (Lipinski definition) is 0. The van der Waals surface area contributed by atoms with E-state index in [9.17, 15) is 35.9 Å². The molecule has 3 heterocycles. The Morgan fingerprint density at radius 1 is 0.900 bits per heavy atom. The number of alkyl halides is 6. The highest BCUT2D eigenvalue weighted by Gasteiger charge is 2.42. The Labute approximate surface area is 285 Å². The van der Waals surface area contributed by atoms with Crippen molar-refractivity contribution in [1.29, 1.82) is 0 Å². The molecule has 11 nitrogen and oxygen atoms in total. The van der Waals surface area contributed by atoms with Crippen molar-refractivity contribution < 1.29 is 45.4 Å². The zero-order valence-electron chi connectivity index (χ0n) is 27.8. The molecule has 1 aliphatic heterocycles. The quantitative estimate of drug-likeness (QED) is 0.171. The van der Waals surface area contributed by atoms with Gasteiger partial charge in [0.05, 0.1) is 36.5 Å². The number of esters is 1. The fourth-order valence-corrected chi connectivity index (χ4v) is 6.91. The maximum absolute atomic E-state index is 13.8. The molecule has 2 fully saturated rings. The average Bonchev–Trinajstić information content (AvgIpc) is 3.64. The smallest absolute Gasteiger partial charge is 0.416 e. The Morgan fingerprint density at radius 3 is 1.96 bits per heavy atom. The van der Waals surface area contributed by atoms with Crippen molar-refractivity contribution in [3.63, 3.8) is 0 Å². The molecule has 3 atom stereocenters. The van der Waals surface area contributed by atoms with Gasteiger partial charge in [-0.1, -0.05) is 13.8 Å². The number of amides is 1. The van der Waals surface area contributed by atoms with E-state index in [0.717, 1.165) is 0 Å². The summed E-state index contributed by atoms with van der Waals surface area (Å²) in [5.74, 6) is -0.428. The molecule has 17 heteroatoms. The molecule has 0 unspecified atom stereocenters. The molecule has 0 spiro atoms. The fourth-order valence-electron chi connectivity index (χ4n) is 6.91. The van der Waals surface area contributed by atoms with Crippen LogP contribution in [0.4, 0.5) is 37.1 Å². The number of methoxy groups -OCH3 is 1. The van der Waals surface area contributed by atoms with E-state index in [1.54, 1.807) is 9.80 Å². The first-order chi connectivity index (χ1) is 23.7. The zero-order chi connectivity index (χ0) is 36.2. The van der Waals surface area contributed by atoms with Gasteiger partial charge in [0.2, 0.25) is 5.95 Å². The summed E-state index contributed by atoms with van der Waals surface area (Å²) in [6.07, 6.45) is -1.47. The number of rotatable bonds is 9. The van der Waals surface area contributed by atoms with Gasteiger partial charge in [0.25, 0.3) is 0 Å². The third kappa shape index (κ3) is 8.46. The second kappa shape index (κ2) is 15.2. The summed E-state index contributed by atoms with van der Waals surface area (Å²) < 4.78 is 95.0. The van der Waals surface area contributed by atoms with Crippen LogP contribution in [0.2, 0.25) is 0 Å². The van der Waals surface area contributed by atoms with Crippen LogP contribution in [-0.2, 0) is 33.2 Å². The summed E-state index contributed by atoms with van der Waals surface area (Å²) in [4.78, 5) is 41.7. The van der Waals surface area contributed by atoms with E-state index in [1.807, 2.05) is 13.8 Å². The highest BCUT2D eigenvalue weighted by molar-refractivity contribution is 5.72. The number of aromatic nitrogens is 5. The highest BCUT2D eigenvalue weighted by Crippen LogP contribution is 2.39. The lowest BCUT2D eigenvalue weighted by atomic mass is 9.87. The van der Waals surface area contributed by atoms with Gasteiger partial charge in [-0.3, -0.25) is 4.79 Å². The summed E-state index contributed by atoms with van der Waals surface area (Å²) in [6.45, 7) is 3.44. The van der Waals surface area contributed by atoms with Crippen molar-refractivity contribution in [2.75, 3.05) is 12.0 Å². The molecular weight excluding hydrogens is 672 g/mol. The maximum atomic E-state index is 13.8. The molecule has 1 aliphatic carbocycles. The number of benzene rings is 1. The van der Waals surface area contributed by atoms with E-state index < -0.39 is 35.6 Å². The number of likely N-dealkylation sites (tertiary alicyclic amines) is 1. The van der Waals surface area contributed by atoms with Crippen LogP contribution in [0.25, 0.3) is 5.69 Å². The maximum Gasteiger partial charge on any atom is 0.416 e. The lowest BCUT2D eigenvalue weighted by Gasteiger charge is -2.47. The Hall–Kier alpha value is -4.44. The van der Waals surface area contributed by atoms with Crippen LogP contribution < -0.4 is 4.90 Å². The van der Waals surface area contributed by atoms with Gasteiger partial charge in [0, 0.05) is 24.7 Å². The molecule has 272 valence electrons. The van der Waals surface area contributed by atoms with Crippen LogP contribution in [0.15, 0.2) is 43.2 Å². The van der Waals surface area contributed by atoms with Gasteiger partial charge in [0.1, 0.15) is 24.4 Å². The Balaban J connectivity index is 1.43. The van der Waals surface area contributed by atoms with Crippen LogP contribution in [-0.4, -0.2) is 73.0 Å². The van der Waals surface area contributed by atoms with Crippen molar-refractivity contribution in [2.24, 2.45) is 5.92 Å². The number of anilines is 1.